The average Bonchev–Trinajstić information content (AvgIpc) is 2.49. The zero-order chi connectivity index (χ0) is 16.9. The molecule has 0 amide bonds. The summed E-state index contributed by atoms with van der Waals surface area (Å²) in [6.45, 7) is 2.28. The van der Waals surface area contributed by atoms with Gasteiger partial charge in [-0.25, -0.2) is 4.39 Å². The van der Waals surface area contributed by atoms with Crippen molar-refractivity contribution < 1.29 is 4.39 Å². The highest BCUT2D eigenvalue weighted by Gasteiger charge is 2.53. The molecule has 0 saturated heterocycles. The first-order chi connectivity index (χ1) is 11.4. The fraction of sp³-hybridized carbons (Fsp3) is 0.632. The summed E-state index contributed by atoms with van der Waals surface area (Å²) in [6.07, 6.45) is 8.38. The summed E-state index contributed by atoms with van der Waals surface area (Å²) in [5.41, 5.74) is 1.12. The van der Waals surface area contributed by atoms with Gasteiger partial charge in [-0.15, -0.1) is 0 Å². The summed E-state index contributed by atoms with van der Waals surface area (Å²) in [6, 6.07) is 4.95. The van der Waals surface area contributed by atoms with Crippen LogP contribution in [0.5, 0.6) is 0 Å². The van der Waals surface area contributed by atoms with Crippen LogP contribution in [0.2, 0.25) is 5.02 Å². The Hall–Kier alpha value is -0.870. The molecule has 1 atom stereocenters. The number of rotatable bonds is 3. The third-order valence-electron chi connectivity index (χ3n) is 6.53. The van der Waals surface area contributed by atoms with E-state index in [4.69, 9.17) is 23.8 Å². The Balaban J connectivity index is 1.41. The lowest BCUT2D eigenvalue weighted by Gasteiger charge is -2.59. The van der Waals surface area contributed by atoms with Gasteiger partial charge in [0.2, 0.25) is 0 Å². The fourth-order valence-electron chi connectivity index (χ4n) is 5.80. The number of halogens is 2. The van der Waals surface area contributed by atoms with E-state index in [1.165, 1.54) is 44.6 Å². The van der Waals surface area contributed by atoms with Gasteiger partial charge < -0.3 is 10.6 Å². The molecule has 1 aromatic carbocycles. The van der Waals surface area contributed by atoms with Crippen molar-refractivity contribution in [2.75, 3.05) is 5.32 Å². The number of hydrogen-bond acceptors (Lipinski definition) is 1. The molecule has 24 heavy (non-hydrogen) atoms. The first-order valence-electron chi connectivity index (χ1n) is 8.96. The second kappa shape index (κ2) is 6.14. The third kappa shape index (κ3) is 3.03. The number of benzene rings is 1. The van der Waals surface area contributed by atoms with Crippen molar-refractivity contribution in [2.45, 2.75) is 51.5 Å². The van der Waals surface area contributed by atoms with Gasteiger partial charge in [-0.2, -0.15) is 0 Å². The highest BCUT2D eigenvalue weighted by atomic mass is 35.5. The molecule has 1 aromatic rings. The number of anilines is 1. The van der Waals surface area contributed by atoms with E-state index in [9.17, 15) is 4.39 Å². The predicted molar refractivity (Wildman–Crippen MR) is 101 cm³/mol. The fourth-order valence-corrected chi connectivity index (χ4v) is 6.27. The van der Waals surface area contributed by atoms with Gasteiger partial charge in [0.1, 0.15) is 5.82 Å². The smallest absolute Gasteiger partial charge is 0.171 e. The van der Waals surface area contributed by atoms with E-state index < -0.39 is 5.82 Å². The van der Waals surface area contributed by atoms with Crippen LogP contribution in [-0.2, 0) is 0 Å². The molecule has 0 aromatic heterocycles. The summed E-state index contributed by atoms with van der Waals surface area (Å²) < 4.78 is 13.3. The van der Waals surface area contributed by atoms with Crippen LogP contribution in [0.1, 0.15) is 45.4 Å². The molecule has 2 N–H and O–H groups in total. The van der Waals surface area contributed by atoms with E-state index in [2.05, 4.69) is 17.6 Å². The Morgan fingerprint density at radius 3 is 2.33 bits per heavy atom. The first kappa shape index (κ1) is 16.6. The lowest BCUT2D eigenvalue weighted by molar-refractivity contribution is -0.0671. The van der Waals surface area contributed by atoms with Gasteiger partial charge in [0, 0.05) is 11.7 Å². The van der Waals surface area contributed by atoms with Crippen LogP contribution in [0, 0.1) is 29.0 Å². The van der Waals surface area contributed by atoms with Crippen LogP contribution >= 0.6 is 23.8 Å². The Kier molecular flexibility index (Phi) is 4.24. The largest absolute Gasteiger partial charge is 0.359 e. The van der Waals surface area contributed by atoms with Gasteiger partial charge in [-0.05, 0) is 99.0 Å². The highest BCUT2D eigenvalue weighted by Crippen LogP contribution is 2.61. The molecule has 1 unspecified atom stereocenters. The van der Waals surface area contributed by atoms with Gasteiger partial charge in [0.05, 0.1) is 5.02 Å². The zero-order valence-corrected chi connectivity index (χ0v) is 15.5. The van der Waals surface area contributed by atoms with Crippen molar-refractivity contribution in [3.63, 3.8) is 0 Å². The molecular weight excluding hydrogens is 343 g/mol. The summed E-state index contributed by atoms with van der Waals surface area (Å²) in [7, 11) is 0. The second-order valence-corrected chi connectivity index (χ2v) is 9.04. The number of thiocarbonyl (C=S) groups is 1. The monoisotopic (exact) mass is 366 g/mol. The molecule has 130 valence electrons. The molecule has 2 nitrogen and oxygen atoms in total. The molecule has 0 heterocycles. The van der Waals surface area contributed by atoms with Crippen LogP contribution in [0.3, 0.4) is 0 Å². The SMILES string of the molecule is CC(NC(=S)Nc1ccc(F)c(Cl)c1)C12CC3CC(CC(C3)C1)C2. The minimum atomic E-state index is -0.414. The normalized spacial score (nSPS) is 34.9. The standard InChI is InChI=1S/C19H24ClFN2S/c1-11(19-8-12-4-13(9-19)6-14(5-12)10-19)22-18(24)23-15-2-3-17(21)16(20)7-15/h2-3,7,11-14H,4-6,8-10H2,1H3,(H2,22,23,24). The van der Waals surface area contributed by atoms with Crippen molar-refractivity contribution in [2.24, 2.45) is 23.2 Å². The summed E-state index contributed by atoms with van der Waals surface area (Å²) in [4.78, 5) is 0. The molecule has 4 aliphatic carbocycles. The predicted octanol–water partition coefficient (Wildman–Crippen LogP) is 5.37. The van der Waals surface area contributed by atoms with Gasteiger partial charge in [-0.1, -0.05) is 11.6 Å². The van der Waals surface area contributed by atoms with Crippen molar-refractivity contribution >= 4 is 34.6 Å². The van der Waals surface area contributed by atoms with Crippen LogP contribution < -0.4 is 10.6 Å². The first-order valence-corrected chi connectivity index (χ1v) is 9.75. The van der Waals surface area contributed by atoms with Crippen LogP contribution in [0.4, 0.5) is 10.1 Å². The average molecular weight is 367 g/mol. The molecule has 5 heteroatoms. The number of hydrogen-bond donors (Lipinski definition) is 2. The Morgan fingerprint density at radius 1 is 1.21 bits per heavy atom. The minimum absolute atomic E-state index is 0.108. The van der Waals surface area contributed by atoms with E-state index >= 15 is 0 Å². The molecule has 4 aliphatic rings. The molecule has 4 fully saturated rings. The molecule has 5 rings (SSSR count). The van der Waals surface area contributed by atoms with E-state index in [0.717, 1.165) is 23.4 Å². The molecule has 0 aliphatic heterocycles. The highest BCUT2D eigenvalue weighted by molar-refractivity contribution is 7.80. The summed E-state index contributed by atoms with van der Waals surface area (Å²) >= 11 is 11.3. The Morgan fingerprint density at radius 2 is 1.79 bits per heavy atom. The maximum Gasteiger partial charge on any atom is 0.171 e. The molecule has 0 radical (unpaired) electrons. The van der Waals surface area contributed by atoms with E-state index in [0.29, 0.717) is 16.6 Å². The molecule has 4 bridgehead atoms. The molecule has 4 saturated carbocycles. The van der Waals surface area contributed by atoms with E-state index in [1.54, 1.807) is 12.1 Å². The van der Waals surface area contributed by atoms with Crippen LogP contribution in [-0.4, -0.2) is 11.2 Å². The second-order valence-electron chi connectivity index (χ2n) is 8.23. The van der Waals surface area contributed by atoms with Crippen LogP contribution in [0.25, 0.3) is 0 Å². The minimum Gasteiger partial charge on any atom is -0.359 e. The van der Waals surface area contributed by atoms with Gasteiger partial charge >= 0.3 is 0 Å². The van der Waals surface area contributed by atoms with E-state index in [-0.39, 0.29) is 5.02 Å². The maximum absolute atomic E-state index is 13.3. The van der Waals surface area contributed by atoms with Crippen molar-refractivity contribution in [3.8, 4) is 0 Å². The van der Waals surface area contributed by atoms with Crippen molar-refractivity contribution in [3.05, 3.63) is 29.0 Å². The van der Waals surface area contributed by atoms with Crippen LogP contribution in [0.15, 0.2) is 18.2 Å². The zero-order valence-electron chi connectivity index (χ0n) is 13.9. The van der Waals surface area contributed by atoms with E-state index in [1.807, 2.05) is 0 Å². The Labute approximate surface area is 153 Å². The molecular formula is C19H24ClFN2S. The molecule has 0 spiro atoms. The van der Waals surface area contributed by atoms with Gasteiger partial charge in [0.15, 0.2) is 5.11 Å². The Bertz CT molecular complexity index is 627. The lowest BCUT2D eigenvalue weighted by atomic mass is 9.48. The topological polar surface area (TPSA) is 24.1 Å². The number of nitrogens with one attached hydrogen (secondary N) is 2. The quantitative estimate of drug-likeness (QED) is 0.703. The van der Waals surface area contributed by atoms with Gasteiger partial charge in [-0.3, -0.25) is 0 Å². The summed E-state index contributed by atoms with van der Waals surface area (Å²) in [5.74, 6) is 2.37. The summed E-state index contributed by atoms with van der Waals surface area (Å²) in [5, 5.41) is 7.35. The van der Waals surface area contributed by atoms with Crippen molar-refractivity contribution in [1.82, 2.24) is 5.32 Å². The van der Waals surface area contributed by atoms with Crippen molar-refractivity contribution in [1.29, 1.82) is 0 Å². The lowest BCUT2D eigenvalue weighted by Crippen LogP contribution is -2.56. The maximum atomic E-state index is 13.3. The third-order valence-corrected chi connectivity index (χ3v) is 7.04. The van der Waals surface area contributed by atoms with Gasteiger partial charge in [0.25, 0.3) is 0 Å².